The summed E-state index contributed by atoms with van der Waals surface area (Å²) in [7, 11) is 0. The molecule has 1 aromatic carbocycles. The third-order valence-electron chi connectivity index (χ3n) is 4.25. The van der Waals surface area contributed by atoms with Crippen LogP contribution in [0.3, 0.4) is 0 Å². The lowest BCUT2D eigenvalue weighted by molar-refractivity contribution is -0.0140. The van der Waals surface area contributed by atoms with Crippen molar-refractivity contribution in [3.63, 3.8) is 0 Å². The molecule has 2 nitrogen and oxygen atoms in total. The van der Waals surface area contributed by atoms with Gasteiger partial charge in [-0.05, 0) is 44.8 Å². The molecule has 0 aromatic heterocycles. The summed E-state index contributed by atoms with van der Waals surface area (Å²) < 4.78 is 0. The minimum Gasteiger partial charge on any atom is -0.386 e. The van der Waals surface area contributed by atoms with Gasteiger partial charge < -0.3 is 5.11 Å². The second-order valence-corrected chi connectivity index (χ2v) is 5.22. The van der Waals surface area contributed by atoms with Gasteiger partial charge in [-0.15, -0.1) is 0 Å². The lowest BCUT2D eigenvalue weighted by Crippen LogP contribution is -2.48. The zero-order valence-corrected chi connectivity index (χ0v) is 10.9. The summed E-state index contributed by atoms with van der Waals surface area (Å²) in [5, 5.41) is 10.7. The highest BCUT2D eigenvalue weighted by Crippen LogP contribution is 2.36. The molecular formula is C15H23NO. The van der Waals surface area contributed by atoms with Crippen molar-refractivity contribution in [3.8, 4) is 0 Å². The highest BCUT2D eigenvalue weighted by molar-refractivity contribution is 5.21. The lowest BCUT2D eigenvalue weighted by Gasteiger charge is -2.42. The second kappa shape index (κ2) is 5.19. The Bertz CT molecular complexity index is 345. The summed E-state index contributed by atoms with van der Waals surface area (Å²) in [6.07, 6.45) is 3.10. The Balaban J connectivity index is 2.22. The average Bonchev–Trinajstić information content (AvgIpc) is 2.92. The Kier molecular flexibility index (Phi) is 3.85. The van der Waals surface area contributed by atoms with E-state index in [-0.39, 0.29) is 5.54 Å². The first-order valence-electron chi connectivity index (χ1n) is 6.66. The molecule has 0 aliphatic carbocycles. The maximum absolute atomic E-state index is 10.7. The van der Waals surface area contributed by atoms with Gasteiger partial charge in [-0.3, -0.25) is 4.90 Å². The number of aliphatic hydroxyl groups excluding tert-OH is 1. The number of hydrogen-bond donors (Lipinski definition) is 1. The summed E-state index contributed by atoms with van der Waals surface area (Å²) in [5.41, 5.74) is 0.904. The smallest absolute Gasteiger partial charge is 0.0970 e. The van der Waals surface area contributed by atoms with Gasteiger partial charge in [0.25, 0.3) is 0 Å². The van der Waals surface area contributed by atoms with E-state index in [0.29, 0.717) is 0 Å². The lowest BCUT2D eigenvalue weighted by atomic mass is 9.85. The SMILES string of the molecule is CCC(C)(C(O)c1ccccc1)N1CCCC1. The van der Waals surface area contributed by atoms with E-state index >= 15 is 0 Å². The summed E-state index contributed by atoms with van der Waals surface area (Å²) in [6.45, 7) is 6.60. The van der Waals surface area contributed by atoms with Crippen molar-refractivity contribution in [2.45, 2.75) is 44.8 Å². The molecule has 2 rings (SSSR count). The molecule has 2 unspecified atom stereocenters. The minimum atomic E-state index is -0.396. The molecule has 1 heterocycles. The van der Waals surface area contributed by atoms with Crippen LogP contribution in [0.1, 0.15) is 44.8 Å². The fourth-order valence-electron chi connectivity index (χ4n) is 2.81. The molecule has 1 aromatic rings. The number of benzene rings is 1. The minimum absolute atomic E-state index is 0.127. The van der Waals surface area contributed by atoms with Crippen molar-refractivity contribution in [1.29, 1.82) is 0 Å². The molecule has 1 saturated heterocycles. The van der Waals surface area contributed by atoms with Gasteiger partial charge in [-0.2, -0.15) is 0 Å². The molecule has 0 radical (unpaired) electrons. The Hall–Kier alpha value is -0.860. The number of likely N-dealkylation sites (tertiary alicyclic amines) is 1. The summed E-state index contributed by atoms with van der Waals surface area (Å²) in [5.74, 6) is 0. The van der Waals surface area contributed by atoms with Crippen LogP contribution in [0.2, 0.25) is 0 Å². The van der Waals surface area contributed by atoms with Crippen molar-refractivity contribution in [1.82, 2.24) is 4.90 Å². The summed E-state index contributed by atoms with van der Waals surface area (Å²) >= 11 is 0. The molecule has 0 bridgehead atoms. The fourth-order valence-corrected chi connectivity index (χ4v) is 2.81. The normalized spacial score (nSPS) is 22.3. The summed E-state index contributed by atoms with van der Waals surface area (Å²) in [4.78, 5) is 2.45. The Morgan fingerprint density at radius 2 is 1.82 bits per heavy atom. The van der Waals surface area contributed by atoms with Crippen LogP contribution in [0.4, 0.5) is 0 Å². The highest BCUT2D eigenvalue weighted by atomic mass is 16.3. The Morgan fingerprint density at radius 1 is 1.24 bits per heavy atom. The van der Waals surface area contributed by atoms with Gasteiger partial charge in [0, 0.05) is 5.54 Å². The predicted molar refractivity (Wildman–Crippen MR) is 70.9 cm³/mol. The van der Waals surface area contributed by atoms with Crippen molar-refractivity contribution >= 4 is 0 Å². The molecule has 1 fully saturated rings. The van der Waals surface area contributed by atoms with Crippen LogP contribution in [0, 0.1) is 0 Å². The van der Waals surface area contributed by atoms with Crippen LogP contribution in [0.15, 0.2) is 30.3 Å². The van der Waals surface area contributed by atoms with Crippen LogP contribution in [-0.4, -0.2) is 28.6 Å². The maximum atomic E-state index is 10.7. The van der Waals surface area contributed by atoms with Crippen LogP contribution in [0.25, 0.3) is 0 Å². The van der Waals surface area contributed by atoms with E-state index in [1.807, 2.05) is 30.3 Å². The molecule has 0 spiro atoms. The number of hydrogen-bond acceptors (Lipinski definition) is 2. The third-order valence-corrected chi connectivity index (χ3v) is 4.25. The van der Waals surface area contributed by atoms with Crippen LogP contribution in [0.5, 0.6) is 0 Å². The zero-order chi connectivity index (χ0) is 12.3. The fraction of sp³-hybridized carbons (Fsp3) is 0.600. The second-order valence-electron chi connectivity index (χ2n) is 5.22. The van der Waals surface area contributed by atoms with Crippen molar-refractivity contribution in [3.05, 3.63) is 35.9 Å². The van der Waals surface area contributed by atoms with E-state index in [2.05, 4.69) is 18.7 Å². The molecule has 2 atom stereocenters. The van der Waals surface area contributed by atoms with Crippen molar-refractivity contribution in [2.24, 2.45) is 0 Å². The first-order valence-corrected chi connectivity index (χ1v) is 6.66. The molecule has 0 amide bonds. The third kappa shape index (κ3) is 2.38. The molecule has 0 saturated carbocycles. The van der Waals surface area contributed by atoms with Gasteiger partial charge in [0.2, 0.25) is 0 Å². The van der Waals surface area contributed by atoms with Crippen LogP contribution in [-0.2, 0) is 0 Å². The zero-order valence-electron chi connectivity index (χ0n) is 10.9. The van der Waals surface area contributed by atoms with Crippen LogP contribution < -0.4 is 0 Å². The number of aliphatic hydroxyl groups is 1. The van der Waals surface area contributed by atoms with E-state index in [9.17, 15) is 5.11 Å². The quantitative estimate of drug-likeness (QED) is 0.864. The van der Waals surface area contributed by atoms with E-state index in [0.717, 1.165) is 25.1 Å². The molecule has 17 heavy (non-hydrogen) atoms. The number of nitrogens with zero attached hydrogens (tertiary/aromatic N) is 1. The Morgan fingerprint density at radius 3 is 2.35 bits per heavy atom. The maximum Gasteiger partial charge on any atom is 0.0970 e. The first-order chi connectivity index (χ1) is 8.18. The molecule has 1 aliphatic heterocycles. The standard InChI is InChI=1S/C15H23NO/c1-3-15(2,16-11-7-8-12-16)14(17)13-9-5-4-6-10-13/h4-6,9-10,14,17H,3,7-8,11-12H2,1-2H3. The van der Waals surface area contributed by atoms with Gasteiger partial charge in [0.1, 0.15) is 0 Å². The van der Waals surface area contributed by atoms with E-state index in [1.165, 1.54) is 12.8 Å². The topological polar surface area (TPSA) is 23.5 Å². The van der Waals surface area contributed by atoms with Gasteiger partial charge >= 0.3 is 0 Å². The highest BCUT2D eigenvalue weighted by Gasteiger charge is 2.39. The van der Waals surface area contributed by atoms with Gasteiger partial charge in [0.05, 0.1) is 6.10 Å². The molecule has 2 heteroatoms. The molecule has 94 valence electrons. The van der Waals surface area contributed by atoms with Crippen molar-refractivity contribution in [2.75, 3.05) is 13.1 Å². The van der Waals surface area contributed by atoms with Crippen molar-refractivity contribution < 1.29 is 5.11 Å². The molecule has 1 N–H and O–H groups in total. The van der Waals surface area contributed by atoms with Gasteiger partial charge in [-0.25, -0.2) is 0 Å². The van der Waals surface area contributed by atoms with Gasteiger partial charge in [-0.1, -0.05) is 37.3 Å². The summed E-state index contributed by atoms with van der Waals surface area (Å²) in [6, 6.07) is 10.0. The first kappa shape index (κ1) is 12.6. The van der Waals surface area contributed by atoms with Gasteiger partial charge in [0.15, 0.2) is 0 Å². The predicted octanol–water partition coefficient (Wildman–Crippen LogP) is 2.98. The number of rotatable bonds is 4. The van der Waals surface area contributed by atoms with E-state index in [1.54, 1.807) is 0 Å². The van der Waals surface area contributed by atoms with E-state index < -0.39 is 6.10 Å². The largest absolute Gasteiger partial charge is 0.386 e. The van der Waals surface area contributed by atoms with E-state index in [4.69, 9.17) is 0 Å². The molecule has 1 aliphatic rings. The molecular weight excluding hydrogens is 210 g/mol. The monoisotopic (exact) mass is 233 g/mol. The average molecular weight is 233 g/mol. The Labute approximate surface area is 104 Å². The van der Waals surface area contributed by atoms with Crippen LogP contribution >= 0.6 is 0 Å².